The zero-order valence-corrected chi connectivity index (χ0v) is 13.6. The van der Waals surface area contributed by atoms with Gasteiger partial charge in [0.25, 0.3) is 0 Å². The highest BCUT2D eigenvalue weighted by molar-refractivity contribution is 7.85. The molecule has 0 aliphatic rings. The third kappa shape index (κ3) is 2.74. The third-order valence-corrected chi connectivity index (χ3v) is 5.07. The SMILES string of the molecule is CCS(=O)c1nsnc1-c1nc2cc(C(F)(F)F)cnc2n1C. The summed E-state index contributed by atoms with van der Waals surface area (Å²) in [6.45, 7) is 1.74. The minimum Gasteiger partial charge on any atom is -0.310 e. The van der Waals surface area contributed by atoms with Gasteiger partial charge in [-0.3, -0.25) is 4.21 Å². The molecule has 3 heterocycles. The highest BCUT2D eigenvalue weighted by atomic mass is 32.2. The molecule has 3 aromatic rings. The average Bonchev–Trinajstić information content (AvgIpc) is 3.10. The minimum atomic E-state index is -4.49. The molecule has 3 aromatic heterocycles. The molecule has 122 valence electrons. The maximum Gasteiger partial charge on any atom is 0.417 e. The number of fused-ring (bicyclic) bond motifs is 1. The fourth-order valence-electron chi connectivity index (χ4n) is 2.05. The smallest absolute Gasteiger partial charge is 0.310 e. The van der Waals surface area contributed by atoms with Gasteiger partial charge in [0, 0.05) is 19.0 Å². The predicted molar refractivity (Wildman–Crippen MR) is 79.4 cm³/mol. The molecule has 11 heteroatoms. The number of nitrogens with zero attached hydrogens (tertiary/aromatic N) is 5. The second-order valence-electron chi connectivity index (χ2n) is 4.61. The quantitative estimate of drug-likeness (QED) is 0.717. The molecule has 0 saturated carbocycles. The number of halogens is 3. The highest BCUT2D eigenvalue weighted by Gasteiger charge is 2.32. The molecular formula is C12H10F3N5OS2. The van der Waals surface area contributed by atoms with Gasteiger partial charge in [-0.2, -0.15) is 21.9 Å². The molecule has 0 aliphatic heterocycles. The molecule has 0 fully saturated rings. The van der Waals surface area contributed by atoms with E-state index in [1.54, 1.807) is 14.0 Å². The van der Waals surface area contributed by atoms with Crippen LogP contribution in [-0.4, -0.2) is 33.2 Å². The van der Waals surface area contributed by atoms with Crippen LogP contribution in [0.15, 0.2) is 17.3 Å². The highest BCUT2D eigenvalue weighted by Crippen LogP contribution is 2.32. The Balaban J connectivity index is 2.18. The van der Waals surface area contributed by atoms with Crippen LogP contribution in [-0.2, 0) is 24.0 Å². The van der Waals surface area contributed by atoms with Crippen LogP contribution in [0.5, 0.6) is 0 Å². The lowest BCUT2D eigenvalue weighted by Crippen LogP contribution is -2.05. The van der Waals surface area contributed by atoms with E-state index >= 15 is 0 Å². The first-order valence-corrected chi connectivity index (χ1v) is 8.48. The topological polar surface area (TPSA) is 73.6 Å². The van der Waals surface area contributed by atoms with E-state index in [9.17, 15) is 17.4 Å². The van der Waals surface area contributed by atoms with Gasteiger partial charge in [0.15, 0.2) is 22.2 Å². The molecule has 0 spiro atoms. The summed E-state index contributed by atoms with van der Waals surface area (Å²) in [5, 5.41) is 0.284. The summed E-state index contributed by atoms with van der Waals surface area (Å²) >= 11 is 0.884. The van der Waals surface area contributed by atoms with Crippen molar-refractivity contribution >= 4 is 33.7 Å². The van der Waals surface area contributed by atoms with E-state index in [4.69, 9.17) is 0 Å². The first-order valence-electron chi connectivity index (χ1n) is 6.44. The average molecular weight is 361 g/mol. The van der Waals surface area contributed by atoms with Crippen LogP contribution in [0, 0.1) is 0 Å². The Morgan fingerprint density at radius 3 is 2.74 bits per heavy atom. The number of alkyl halides is 3. The zero-order valence-electron chi connectivity index (χ0n) is 12.0. The number of hydrogen-bond acceptors (Lipinski definition) is 6. The van der Waals surface area contributed by atoms with Crippen molar-refractivity contribution in [1.82, 2.24) is 23.3 Å². The molecule has 0 amide bonds. The van der Waals surface area contributed by atoms with Crippen molar-refractivity contribution in [3.8, 4) is 11.5 Å². The molecule has 1 atom stereocenters. The molecule has 0 radical (unpaired) electrons. The number of pyridine rings is 1. The van der Waals surface area contributed by atoms with Crippen molar-refractivity contribution in [2.45, 2.75) is 18.1 Å². The van der Waals surface area contributed by atoms with E-state index in [1.807, 2.05) is 0 Å². The van der Waals surface area contributed by atoms with E-state index < -0.39 is 22.5 Å². The van der Waals surface area contributed by atoms with Gasteiger partial charge in [-0.05, 0) is 6.07 Å². The number of imidazole rings is 1. The van der Waals surface area contributed by atoms with Gasteiger partial charge in [-0.25, -0.2) is 9.97 Å². The standard InChI is InChI=1S/C12H10F3N5OS2/c1-3-23(21)11-8(18-22-19-11)10-17-7-4-6(12(13,14)15)5-16-9(7)20(10)2/h4-5H,3H2,1-2H3. The van der Waals surface area contributed by atoms with Crippen molar-refractivity contribution in [3.05, 3.63) is 17.8 Å². The van der Waals surface area contributed by atoms with Gasteiger partial charge in [0.1, 0.15) is 5.52 Å². The molecule has 0 aromatic carbocycles. The van der Waals surface area contributed by atoms with Crippen LogP contribution in [0.3, 0.4) is 0 Å². The van der Waals surface area contributed by atoms with Crippen molar-refractivity contribution in [2.75, 3.05) is 5.75 Å². The van der Waals surface area contributed by atoms with E-state index in [2.05, 4.69) is 18.7 Å². The molecular weight excluding hydrogens is 351 g/mol. The maximum absolute atomic E-state index is 12.8. The van der Waals surface area contributed by atoms with Gasteiger partial charge in [0.2, 0.25) is 0 Å². The van der Waals surface area contributed by atoms with Crippen LogP contribution in [0.1, 0.15) is 12.5 Å². The van der Waals surface area contributed by atoms with Gasteiger partial charge in [-0.1, -0.05) is 6.92 Å². The van der Waals surface area contributed by atoms with Gasteiger partial charge < -0.3 is 4.57 Å². The summed E-state index contributed by atoms with van der Waals surface area (Å²) in [5.41, 5.74) is -0.180. The van der Waals surface area contributed by atoms with E-state index in [1.165, 1.54) is 4.57 Å². The Bertz CT molecular complexity index is 902. The Morgan fingerprint density at radius 2 is 2.09 bits per heavy atom. The molecule has 0 bridgehead atoms. The Morgan fingerprint density at radius 1 is 1.35 bits per heavy atom. The van der Waals surface area contributed by atoms with Crippen molar-refractivity contribution in [3.63, 3.8) is 0 Å². The van der Waals surface area contributed by atoms with Crippen molar-refractivity contribution in [2.24, 2.45) is 7.05 Å². The van der Waals surface area contributed by atoms with E-state index in [-0.39, 0.29) is 22.0 Å². The second kappa shape index (κ2) is 5.64. The lowest BCUT2D eigenvalue weighted by Gasteiger charge is -2.05. The summed E-state index contributed by atoms with van der Waals surface area (Å²) in [4.78, 5) is 8.01. The Labute approximate surface area is 135 Å². The predicted octanol–water partition coefficient (Wildman–Crippen LogP) is 2.63. The number of rotatable bonds is 3. The first-order chi connectivity index (χ1) is 10.8. The lowest BCUT2D eigenvalue weighted by atomic mass is 10.2. The summed E-state index contributed by atoms with van der Waals surface area (Å²) < 4.78 is 59.9. The summed E-state index contributed by atoms with van der Waals surface area (Å²) in [6, 6.07) is 0.933. The maximum atomic E-state index is 12.8. The molecule has 23 heavy (non-hydrogen) atoms. The van der Waals surface area contributed by atoms with E-state index in [0.29, 0.717) is 11.4 Å². The van der Waals surface area contributed by atoms with Gasteiger partial charge in [0.05, 0.1) is 28.1 Å². The molecule has 0 aliphatic carbocycles. The van der Waals surface area contributed by atoms with Gasteiger partial charge in [-0.15, -0.1) is 0 Å². The van der Waals surface area contributed by atoms with Crippen molar-refractivity contribution in [1.29, 1.82) is 0 Å². The molecule has 1 unspecified atom stereocenters. The summed E-state index contributed by atoms with van der Waals surface area (Å²) in [5.74, 6) is 0.649. The molecule has 6 nitrogen and oxygen atoms in total. The van der Waals surface area contributed by atoms with Crippen LogP contribution < -0.4 is 0 Å². The van der Waals surface area contributed by atoms with Crippen LogP contribution in [0.2, 0.25) is 0 Å². The number of aryl methyl sites for hydroxylation is 1. The Kier molecular flexibility index (Phi) is 3.92. The van der Waals surface area contributed by atoms with Crippen LogP contribution >= 0.6 is 11.7 Å². The fourth-order valence-corrected chi connectivity index (χ4v) is 3.61. The van der Waals surface area contributed by atoms with Gasteiger partial charge >= 0.3 is 6.18 Å². The zero-order chi connectivity index (χ0) is 16.8. The first kappa shape index (κ1) is 16.0. The van der Waals surface area contributed by atoms with Crippen LogP contribution in [0.4, 0.5) is 13.2 Å². The molecule has 0 N–H and O–H groups in total. The third-order valence-electron chi connectivity index (χ3n) is 3.18. The Hall–Kier alpha value is -1.88. The molecule has 3 rings (SSSR count). The monoisotopic (exact) mass is 361 g/mol. The second-order valence-corrected chi connectivity index (χ2v) is 6.79. The van der Waals surface area contributed by atoms with E-state index in [0.717, 1.165) is 24.0 Å². The number of hydrogen-bond donors (Lipinski definition) is 0. The minimum absolute atomic E-state index is 0.0959. The largest absolute Gasteiger partial charge is 0.417 e. The molecule has 0 saturated heterocycles. The fraction of sp³-hybridized carbons (Fsp3) is 0.333. The lowest BCUT2D eigenvalue weighted by molar-refractivity contribution is -0.137. The summed E-state index contributed by atoms with van der Waals surface area (Å²) in [6.07, 6.45) is -3.73. The van der Waals surface area contributed by atoms with Crippen LogP contribution in [0.25, 0.3) is 22.7 Å². The normalized spacial score (nSPS) is 13.6. The number of aromatic nitrogens is 5. The van der Waals surface area contributed by atoms with Crippen molar-refractivity contribution < 1.29 is 17.4 Å². The summed E-state index contributed by atoms with van der Waals surface area (Å²) in [7, 11) is 0.277.